The first-order valence-corrected chi connectivity index (χ1v) is 9.26. The fraction of sp³-hybridized carbons (Fsp3) is 0.938. The fourth-order valence-electron chi connectivity index (χ4n) is 3.44. The van der Waals surface area contributed by atoms with Crippen molar-refractivity contribution >= 4 is 17.9 Å². The number of hydrogen-bond acceptors (Lipinski definition) is 5. The second-order valence-electron chi connectivity index (χ2n) is 7.63. The van der Waals surface area contributed by atoms with Crippen LogP contribution in [-0.4, -0.2) is 63.6 Å². The molecule has 0 aromatic carbocycles. The number of piperidine rings is 1. The van der Waals surface area contributed by atoms with E-state index >= 15 is 0 Å². The number of aliphatic hydroxyl groups excluding tert-OH is 1. The fourth-order valence-corrected chi connectivity index (χ4v) is 4.83. The summed E-state index contributed by atoms with van der Waals surface area (Å²) in [4.78, 5) is 13.9. The van der Waals surface area contributed by atoms with E-state index in [9.17, 15) is 15.0 Å². The van der Waals surface area contributed by atoms with E-state index in [0.717, 1.165) is 30.8 Å². The summed E-state index contributed by atoms with van der Waals surface area (Å²) in [6.07, 6.45) is 2.81. The zero-order valence-corrected chi connectivity index (χ0v) is 14.7. The lowest BCUT2D eigenvalue weighted by Crippen LogP contribution is -2.62. The molecule has 2 saturated heterocycles. The molecule has 5 nitrogen and oxygen atoms in total. The average Bonchev–Trinajstić information content (AvgIpc) is 2.46. The lowest BCUT2D eigenvalue weighted by Gasteiger charge is -2.52. The van der Waals surface area contributed by atoms with Crippen molar-refractivity contribution in [2.24, 2.45) is 5.41 Å². The maximum atomic E-state index is 12.3. The first kappa shape index (κ1) is 17.9. The van der Waals surface area contributed by atoms with Gasteiger partial charge in [0.1, 0.15) is 5.60 Å². The lowest BCUT2D eigenvalue weighted by molar-refractivity contribution is -0.137. The van der Waals surface area contributed by atoms with Crippen molar-refractivity contribution in [1.29, 1.82) is 0 Å². The van der Waals surface area contributed by atoms with Gasteiger partial charge in [-0.3, -0.25) is 0 Å². The minimum Gasteiger partial charge on any atom is -0.444 e. The molecule has 2 atom stereocenters. The van der Waals surface area contributed by atoms with Gasteiger partial charge in [-0.15, -0.1) is 0 Å². The second-order valence-corrected chi connectivity index (χ2v) is 8.74. The molecule has 6 heteroatoms. The van der Waals surface area contributed by atoms with Gasteiger partial charge < -0.3 is 19.8 Å². The molecule has 0 aliphatic carbocycles. The van der Waals surface area contributed by atoms with Crippen LogP contribution < -0.4 is 0 Å². The normalized spacial score (nSPS) is 33.6. The highest BCUT2D eigenvalue weighted by molar-refractivity contribution is 7.99. The van der Waals surface area contributed by atoms with Crippen molar-refractivity contribution in [2.45, 2.75) is 57.7 Å². The third-order valence-corrected chi connectivity index (χ3v) is 6.07. The number of amides is 1. The number of nitrogens with zero attached hydrogens (tertiary/aromatic N) is 1. The van der Waals surface area contributed by atoms with E-state index in [1.165, 1.54) is 0 Å². The van der Waals surface area contributed by atoms with Crippen molar-refractivity contribution in [1.82, 2.24) is 4.90 Å². The van der Waals surface area contributed by atoms with E-state index in [0.29, 0.717) is 13.0 Å². The molecule has 2 aliphatic rings. The predicted molar refractivity (Wildman–Crippen MR) is 88.1 cm³/mol. The summed E-state index contributed by atoms with van der Waals surface area (Å²) in [5, 5.41) is 21.2. The molecule has 1 amide bonds. The molecular formula is C16H29NO4S. The maximum Gasteiger partial charge on any atom is 0.410 e. The van der Waals surface area contributed by atoms with E-state index in [1.807, 2.05) is 20.8 Å². The van der Waals surface area contributed by atoms with Crippen LogP contribution in [-0.2, 0) is 4.74 Å². The average molecular weight is 331 g/mol. The summed E-state index contributed by atoms with van der Waals surface area (Å²) in [7, 11) is 0. The molecule has 0 saturated carbocycles. The van der Waals surface area contributed by atoms with Gasteiger partial charge in [-0.1, -0.05) is 0 Å². The zero-order chi connectivity index (χ0) is 16.4. The van der Waals surface area contributed by atoms with E-state index in [2.05, 4.69) is 0 Å². The zero-order valence-electron chi connectivity index (χ0n) is 13.9. The van der Waals surface area contributed by atoms with Gasteiger partial charge >= 0.3 is 6.09 Å². The Labute approximate surface area is 137 Å². The highest BCUT2D eigenvalue weighted by atomic mass is 32.2. The number of rotatable bonds is 2. The maximum absolute atomic E-state index is 12.3. The highest BCUT2D eigenvalue weighted by Gasteiger charge is 2.53. The third kappa shape index (κ3) is 3.71. The Bertz CT molecular complexity index is 403. The summed E-state index contributed by atoms with van der Waals surface area (Å²) >= 11 is 1.78. The Morgan fingerprint density at radius 3 is 2.59 bits per heavy atom. The molecule has 0 spiro atoms. The number of likely N-dealkylation sites (tertiary alicyclic amines) is 1. The van der Waals surface area contributed by atoms with Crippen LogP contribution in [0.15, 0.2) is 0 Å². The smallest absolute Gasteiger partial charge is 0.410 e. The van der Waals surface area contributed by atoms with Crippen LogP contribution in [0.5, 0.6) is 0 Å². The van der Waals surface area contributed by atoms with E-state index in [1.54, 1.807) is 16.7 Å². The van der Waals surface area contributed by atoms with E-state index < -0.39 is 16.6 Å². The number of carbonyl (C=O) groups excluding carboxylic acids is 1. The molecule has 0 radical (unpaired) electrons. The van der Waals surface area contributed by atoms with Crippen molar-refractivity contribution in [3.8, 4) is 0 Å². The summed E-state index contributed by atoms with van der Waals surface area (Å²) in [6, 6.07) is 0. The SMILES string of the molecule is CC(C)(C)OC(=O)N1CCCC(O)(C2(CO)CCCSC2)C1. The molecule has 2 rings (SSSR count). The second kappa shape index (κ2) is 6.57. The lowest BCUT2D eigenvalue weighted by atomic mass is 9.67. The number of thioether (sulfide) groups is 1. The molecular weight excluding hydrogens is 302 g/mol. The molecule has 2 aliphatic heterocycles. The number of β-amino-alcohol motifs (C(OH)–C–C–N with tert-alkyl or cyclic N) is 1. The predicted octanol–water partition coefficient (Wildman–Crippen LogP) is 2.25. The molecule has 0 aromatic rings. The first-order valence-electron chi connectivity index (χ1n) is 8.10. The summed E-state index contributed by atoms with van der Waals surface area (Å²) in [6.45, 7) is 6.35. The monoisotopic (exact) mass is 331 g/mol. The van der Waals surface area contributed by atoms with Crippen LogP contribution in [0.25, 0.3) is 0 Å². The summed E-state index contributed by atoms with van der Waals surface area (Å²) < 4.78 is 5.43. The Hall–Kier alpha value is -0.460. The van der Waals surface area contributed by atoms with Crippen LogP contribution >= 0.6 is 11.8 Å². The minimum absolute atomic E-state index is 0.0291. The molecule has 2 N–H and O–H groups in total. The molecule has 2 heterocycles. The Kier molecular flexibility index (Phi) is 5.34. The number of ether oxygens (including phenoxy) is 1. The molecule has 128 valence electrons. The van der Waals surface area contributed by atoms with Crippen LogP contribution in [0.1, 0.15) is 46.5 Å². The van der Waals surface area contributed by atoms with E-state index in [4.69, 9.17) is 4.74 Å². The third-order valence-electron chi connectivity index (χ3n) is 4.73. The van der Waals surface area contributed by atoms with Crippen LogP contribution in [0.4, 0.5) is 4.79 Å². The molecule has 0 aromatic heterocycles. The van der Waals surface area contributed by atoms with Gasteiger partial charge in [0.25, 0.3) is 0 Å². The molecule has 0 bridgehead atoms. The van der Waals surface area contributed by atoms with Gasteiger partial charge in [-0.2, -0.15) is 11.8 Å². The Balaban J connectivity index is 2.12. The van der Waals surface area contributed by atoms with Crippen LogP contribution in [0.2, 0.25) is 0 Å². The van der Waals surface area contributed by atoms with Crippen molar-refractivity contribution in [3.63, 3.8) is 0 Å². The van der Waals surface area contributed by atoms with Crippen LogP contribution in [0.3, 0.4) is 0 Å². The largest absolute Gasteiger partial charge is 0.444 e. The quantitative estimate of drug-likeness (QED) is 0.812. The van der Waals surface area contributed by atoms with Gasteiger partial charge in [0.05, 0.1) is 18.8 Å². The van der Waals surface area contributed by atoms with Crippen molar-refractivity contribution in [3.05, 3.63) is 0 Å². The number of hydrogen-bond donors (Lipinski definition) is 2. The number of aliphatic hydroxyl groups is 2. The number of carbonyl (C=O) groups is 1. The first-order chi connectivity index (χ1) is 10.2. The molecule has 2 fully saturated rings. The summed E-state index contributed by atoms with van der Waals surface area (Å²) in [5.41, 5.74) is -2.07. The van der Waals surface area contributed by atoms with Crippen molar-refractivity contribution in [2.75, 3.05) is 31.2 Å². The van der Waals surface area contributed by atoms with Crippen LogP contribution in [0, 0.1) is 5.41 Å². The Morgan fingerprint density at radius 1 is 1.32 bits per heavy atom. The van der Waals surface area contributed by atoms with Gasteiger partial charge in [-0.05, 0) is 52.2 Å². The van der Waals surface area contributed by atoms with Gasteiger partial charge in [0, 0.05) is 17.7 Å². The van der Waals surface area contributed by atoms with Gasteiger partial charge in [0.2, 0.25) is 0 Å². The van der Waals surface area contributed by atoms with E-state index in [-0.39, 0.29) is 19.2 Å². The topological polar surface area (TPSA) is 70.0 Å². The van der Waals surface area contributed by atoms with Gasteiger partial charge in [-0.25, -0.2) is 4.79 Å². The Morgan fingerprint density at radius 2 is 2.05 bits per heavy atom. The van der Waals surface area contributed by atoms with Crippen molar-refractivity contribution < 1.29 is 19.7 Å². The van der Waals surface area contributed by atoms with Gasteiger partial charge in [0.15, 0.2) is 0 Å². The standard InChI is InChI=1S/C16H29NO4S/c1-14(2,3)21-13(19)17-8-4-7-16(20,10-17)15(11-18)6-5-9-22-12-15/h18,20H,4-12H2,1-3H3. The minimum atomic E-state index is -1.02. The molecule has 22 heavy (non-hydrogen) atoms. The molecule has 2 unspecified atom stereocenters. The highest BCUT2D eigenvalue weighted by Crippen LogP contribution is 2.46. The summed E-state index contributed by atoms with van der Waals surface area (Å²) in [5.74, 6) is 1.83.